The van der Waals surface area contributed by atoms with Crippen LogP contribution >= 0.6 is 11.6 Å². The molecule has 0 radical (unpaired) electrons. The van der Waals surface area contributed by atoms with Crippen LogP contribution in [0.5, 0.6) is 0 Å². The molecule has 0 saturated carbocycles. The smallest absolute Gasteiger partial charge is 0.211 e. The fraction of sp³-hybridized carbons (Fsp3) is 0.545. The van der Waals surface area contributed by atoms with Crippen molar-refractivity contribution in [2.24, 2.45) is 5.92 Å². The number of aromatic nitrogens is 1. The maximum Gasteiger partial charge on any atom is 0.211 e. The second-order valence-electron chi connectivity index (χ2n) is 4.43. The Bertz CT molecular complexity index is 504. The van der Waals surface area contributed by atoms with E-state index in [0.29, 0.717) is 24.2 Å². The van der Waals surface area contributed by atoms with Crippen molar-refractivity contribution in [1.82, 2.24) is 9.29 Å². The first-order valence-electron chi connectivity index (χ1n) is 5.51. The highest BCUT2D eigenvalue weighted by Gasteiger charge is 2.28. The standard InChI is InChI=1S/C11H15ClN2O2S/c1-17(15,16)14-6-4-9(8-14)7-10-3-2-5-13-11(10)12/h2-3,5,9H,4,6-8H2,1H3. The molecule has 1 saturated heterocycles. The highest BCUT2D eigenvalue weighted by Crippen LogP contribution is 2.24. The molecule has 6 heteroatoms. The molecular weight excluding hydrogens is 260 g/mol. The summed E-state index contributed by atoms with van der Waals surface area (Å²) in [4.78, 5) is 4.02. The molecule has 2 heterocycles. The predicted molar refractivity (Wildman–Crippen MR) is 67.5 cm³/mol. The maximum absolute atomic E-state index is 11.4. The Kier molecular flexibility index (Phi) is 3.70. The third kappa shape index (κ3) is 3.18. The van der Waals surface area contributed by atoms with Gasteiger partial charge in [0.05, 0.1) is 6.26 Å². The van der Waals surface area contributed by atoms with Crippen LogP contribution in [0.25, 0.3) is 0 Å². The van der Waals surface area contributed by atoms with Gasteiger partial charge in [-0.1, -0.05) is 17.7 Å². The number of rotatable bonds is 3. The number of hydrogen-bond acceptors (Lipinski definition) is 3. The first-order chi connectivity index (χ1) is 7.97. The zero-order valence-electron chi connectivity index (χ0n) is 9.63. The third-order valence-electron chi connectivity index (χ3n) is 3.06. The summed E-state index contributed by atoms with van der Waals surface area (Å²) < 4.78 is 24.3. The Labute approximate surface area is 107 Å². The molecule has 1 aliphatic heterocycles. The van der Waals surface area contributed by atoms with Crippen LogP contribution < -0.4 is 0 Å². The third-order valence-corrected chi connectivity index (χ3v) is 4.67. The molecule has 0 aromatic carbocycles. The van der Waals surface area contributed by atoms with E-state index in [9.17, 15) is 8.42 Å². The van der Waals surface area contributed by atoms with Gasteiger partial charge in [-0.05, 0) is 30.4 Å². The van der Waals surface area contributed by atoms with Crippen LogP contribution in [-0.4, -0.2) is 37.1 Å². The summed E-state index contributed by atoms with van der Waals surface area (Å²) in [6, 6.07) is 3.79. The zero-order valence-corrected chi connectivity index (χ0v) is 11.2. The average molecular weight is 275 g/mol. The molecule has 0 bridgehead atoms. The van der Waals surface area contributed by atoms with Gasteiger partial charge in [-0.2, -0.15) is 0 Å². The van der Waals surface area contributed by atoms with Gasteiger partial charge in [-0.25, -0.2) is 17.7 Å². The molecule has 1 fully saturated rings. The summed E-state index contributed by atoms with van der Waals surface area (Å²) in [7, 11) is -3.05. The van der Waals surface area contributed by atoms with Gasteiger partial charge in [0.15, 0.2) is 0 Å². The van der Waals surface area contributed by atoms with E-state index < -0.39 is 10.0 Å². The Morgan fingerprint density at radius 2 is 2.35 bits per heavy atom. The summed E-state index contributed by atoms with van der Waals surface area (Å²) in [5.74, 6) is 0.339. The average Bonchev–Trinajstić information content (AvgIpc) is 2.69. The molecule has 4 nitrogen and oxygen atoms in total. The van der Waals surface area contributed by atoms with Gasteiger partial charge in [-0.15, -0.1) is 0 Å². The number of sulfonamides is 1. The molecular formula is C11H15ClN2O2S. The van der Waals surface area contributed by atoms with Gasteiger partial charge in [0.25, 0.3) is 0 Å². The summed E-state index contributed by atoms with van der Waals surface area (Å²) in [6.45, 7) is 1.20. The topological polar surface area (TPSA) is 50.3 Å². The molecule has 2 rings (SSSR count). The molecule has 0 amide bonds. The van der Waals surface area contributed by atoms with Crippen LogP contribution in [0.4, 0.5) is 0 Å². The molecule has 0 N–H and O–H groups in total. The highest BCUT2D eigenvalue weighted by atomic mass is 35.5. The van der Waals surface area contributed by atoms with Gasteiger partial charge in [0, 0.05) is 19.3 Å². The van der Waals surface area contributed by atoms with E-state index in [1.54, 1.807) is 6.20 Å². The maximum atomic E-state index is 11.4. The van der Waals surface area contributed by atoms with Gasteiger partial charge in [0.1, 0.15) is 5.15 Å². The summed E-state index contributed by atoms with van der Waals surface area (Å²) in [6.07, 6.45) is 4.59. The van der Waals surface area contributed by atoms with Crippen molar-refractivity contribution < 1.29 is 8.42 Å². The Morgan fingerprint density at radius 3 is 2.94 bits per heavy atom. The molecule has 17 heavy (non-hydrogen) atoms. The minimum Gasteiger partial charge on any atom is -0.244 e. The number of pyridine rings is 1. The van der Waals surface area contributed by atoms with E-state index >= 15 is 0 Å². The van der Waals surface area contributed by atoms with Gasteiger partial charge >= 0.3 is 0 Å². The molecule has 1 atom stereocenters. The molecule has 1 aromatic rings. The number of halogens is 1. The van der Waals surface area contributed by atoms with Crippen LogP contribution in [0.1, 0.15) is 12.0 Å². The van der Waals surface area contributed by atoms with Crippen molar-refractivity contribution in [1.29, 1.82) is 0 Å². The molecule has 94 valence electrons. The molecule has 1 aliphatic rings. The lowest BCUT2D eigenvalue weighted by atomic mass is 10.0. The summed E-state index contributed by atoms with van der Waals surface area (Å²) in [5, 5.41) is 0.519. The lowest BCUT2D eigenvalue weighted by Crippen LogP contribution is -2.27. The predicted octanol–water partition coefficient (Wildman–Crippen LogP) is 1.56. The number of hydrogen-bond donors (Lipinski definition) is 0. The van der Waals surface area contributed by atoms with E-state index in [1.807, 2.05) is 12.1 Å². The van der Waals surface area contributed by atoms with Crippen molar-refractivity contribution in [2.75, 3.05) is 19.3 Å². The second kappa shape index (κ2) is 4.92. The zero-order chi connectivity index (χ0) is 12.5. The van der Waals surface area contributed by atoms with Gasteiger partial charge in [0.2, 0.25) is 10.0 Å². The van der Waals surface area contributed by atoms with E-state index in [4.69, 9.17) is 11.6 Å². The van der Waals surface area contributed by atoms with Gasteiger partial charge in [-0.3, -0.25) is 0 Å². The van der Waals surface area contributed by atoms with Crippen LogP contribution in [0.2, 0.25) is 5.15 Å². The fourth-order valence-corrected chi connectivity index (χ4v) is 3.26. The van der Waals surface area contributed by atoms with Crippen LogP contribution in [0.3, 0.4) is 0 Å². The molecule has 0 aliphatic carbocycles. The van der Waals surface area contributed by atoms with E-state index in [2.05, 4.69) is 4.98 Å². The van der Waals surface area contributed by atoms with Crippen molar-refractivity contribution >= 4 is 21.6 Å². The Hall–Kier alpha value is -0.650. The van der Waals surface area contributed by atoms with Crippen LogP contribution in [0, 0.1) is 5.92 Å². The Balaban J connectivity index is 2.02. The van der Waals surface area contributed by atoms with Gasteiger partial charge < -0.3 is 0 Å². The monoisotopic (exact) mass is 274 g/mol. The first-order valence-corrected chi connectivity index (χ1v) is 7.74. The quantitative estimate of drug-likeness (QED) is 0.786. The lowest BCUT2D eigenvalue weighted by molar-refractivity contribution is 0.460. The first kappa shape index (κ1) is 12.8. The summed E-state index contributed by atoms with van der Waals surface area (Å²) in [5.41, 5.74) is 0.995. The van der Waals surface area contributed by atoms with Crippen molar-refractivity contribution in [3.63, 3.8) is 0 Å². The highest BCUT2D eigenvalue weighted by molar-refractivity contribution is 7.88. The lowest BCUT2D eigenvalue weighted by Gasteiger charge is -2.13. The SMILES string of the molecule is CS(=O)(=O)N1CCC(Cc2cccnc2Cl)C1. The molecule has 0 spiro atoms. The van der Waals surface area contributed by atoms with E-state index in [-0.39, 0.29) is 0 Å². The molecule has 1 unspecified atom stereocenters. The van der Waals surface area contributed by atoms with E-state index in [1.165, 1.54) is 10.6 Å². The Morgan fingerprint density at radius 1 is 1.59 bits per heavy atom. The van der Waals surface area contributed by atoms with E-state index in [0.717, 1.165) is 18.4 Å². The van der Waals surface area contributed by atoms with Crippen LogP contribution in [0.15, 0.2) is 18.3 Å². The van der Waals surface area contributed by atoms with Crippen LogP contribution in [-0.2, 0) is 16.4 Å². The van der Waals surface area contributed by atoms with Crippen molar-refractivity contribution in [3.8, 4) is 0 Å². The second-order valence-corrected chi connectivity index (χ2v) is 6.77. The molecule has 1 aromatic heterocycles. The summed E-state index contributed by atoms with van der Waals surface area (Å²) >= 11 is 5.99. The largest absolute Gasteiger partial charge is 0.244 e. The minimum atomic E-state index is -3.05. The normalized spacial score (nSPS) is 21.9. The number of nitrogens with zero attached hydrogens (tertiary/aromatic N) is 2. The fourth-order valence-electron chi connectivity index (χ4n) is 2.15. The minimum absolute atomic E-state index is 0.339. The van der Waals surface area contributed by atoms with Crippen molar-refractivity contribution in [2.45, 2.75) is 12.8 Å². The van der Waals surface area contributed by atoms with Crippen molar-refractivity contribution in [3.05, 3.63) is 29.0 Å².